The first-order chi connectivity index (χ1) is 15.6. The summed E-state index contributed by atoms with van der Waals surface area (Å²) in [6.07, 6.45) is 1.04. The van der Waals surface area contributed by atoms with Gasteiger partial charge in [-0.1, -0.05) is 64.5 Å². The van der Waals surface area contributed by atoms with Crippen LogP contribution >= 0.6 is 15.9 Å². The predicted octanol–water partition coefficient (Wildman–Crippen LogP) is 4.34. The average molecular weight is 530 g/mol. The molecule has 0 saturated carbocycles. The van der Waals surface area contributed by atoms with Crippen molar-refractivity contribution in [1.29, 1.82) is 0 Å². The lowest BCUT2D eigenvalue weighted by molar-refractivity contribution is -0.114. The molecule has 0 unspecified atom stereocenters. The summed E-state index contributed by atoms with van der Waals surface area (Å²) in [5, 5.41) is 5.60. The molecule has 172 valence electrons. The number of carbonyl (C=O) groups excluding carboxylic acids is 2. The highest BCUT2D eigenvalue weighted by molar-refractivity contribution is 9.10. The molecule has 0 spiro atoms. The SMILES string of the molecule is C[C@@H](NC(=O)c1ccccc1NC(=O)CN(c1cccc(Br)c1)S(C)(=O)=O)c1ccccc1. The maximum absolute atomic E-state index is 12.9. The summed E-state index contributed by atoms with van der Waals surface area (Å²) >= 11 is 3.31. The van der Waals surface area contributed by atoms with Crippen molar-refractivity contribution in [2.45, 2.75) is 13.0 Å². The highest BCUT2D eigenvalue weighted by Crippen LogP contribution is 2.23. The fraction of sp³-hybridized carbons (Fsp3) is 0.167. The minimum Gasteiger partial charge on any atom is -0.345 e. The van der Waals surface area contributed by atoms with Gasteiger partial charge in [-0.3, -0.25) is 13.9 Å². The fourth-order valence-corrected chi connectivity index (χ4v) is 4.48. The first kappa shape index (κ1) is 24.5. The summed E-state index contributed by atoms with van der Waals surface area (Å²) in [6.45, 7) is 1.43. The number of carbonyl (C=O) groups is 2. The van der Waals surface area contributed by atoms with Gasteiger partial charge in [-0.25, -0.2) is 8.42 Å². The summed E-state index contributed by atoms with van der Waals surface area (Å²) in [4.78, 5) is 25.7. The zero-order valence-electron chi connectivity index (χ0n) is 18.2. The Labute approximate surface area is 202 Å². The molecular formula is C24H24BrN3O4S. The first-order valence-electron chi connectivity index (χ1n) is 10.1. The number of nitrogens with zero attached hydrogens (tertiary/aromatic N) is 1. The van der Waals surface area contributed by atoms with Gasteiger partial charge in [0.1, 0.15) is 6.54 Å². The zero-order valence-corrected chi connectivity index (χ0v) is 20.6. The maximum Gasteiger partial charge on any atom is 0.253 e. The van der Waals surface area contributed by atoms with E-state index >= 15 is 0 Å². The van der Waals surface area contributed by atoms with Gasteiger partial charge in [0.15, 0.2) is 0 Å². The van der Waals surface area contributed by atoms with Crippen LogP contribution in [0.15, 0.2) is 83.3 Å². The van der Waals surface area contributed by atoms with Crippen molar-refractivity contribution in [1.82, 2.24) is 5.32 Å². The van der Waals surface area contributed by atoms with E-state index in [-0.39, 0.29) is 17.5 Å². The van der Waals surface area contributed by atoms with Gasteiger partial charge in [0.05, 0.1) is 29.2 Å². The van der Waals surface area contributed by atoms with Crippen molar-refractivity contribution in [2.75, 3.05) is 22.4 Å². The van der Waals surface area contributed by atoms with E-state index in [1.165, 1.54) is 0 Å². The predicted molar refractivity (Wildman–Crippen MR) is 134 cm³/mol. The van der Waals surface area contributed by atoms with Crippen LogP contribution < -0.4 is 14.9 Å². The molecule has 33 heavy (non-hydrogen) atoms. The number of hydrogen-bond donors (Lipinski definition) is 2. The van der Waals surface area contributed by atoms with Gasteiger partial charge in [0.2, 0.25) is 15.9 Å². The molecule has 0 aliphatic rings. The van der Waals surface area contributed by atoms with Crippen molar-refractivity contribution in [3.63, 3.8) is 0 Å². The van der Waals surface area contributed by atoms with Gasteiger partial charge < -0.3 is 10.6 Å². The lowest BCUT2D eigenvalue weighted by Crippen LogP contribution is -2.37. The molecular weight excluding hydrogens is 506 g/mol. The Morgan fingerprint density at radius 3 is 2.30 bits per heavy atom. The van der Waals surface area contributed by atoms with Gasteiger partial charge in [-0.2, -0.15) is 0 Å². The molecule has 2 amide bonds. The minimum atomic E-state index is -3.72. The molecule has 0 aromatic heterocycles. The maximum atomic E-state index is 12.9. The van der Waals surface area contributed by atoms with Crippen LogP contribution in [-0.2, 0) is 14.8 Å². The van der Waals surface area contributed by atoms with Crippen molar-refractivity contribution < 1.29 is 18.0 Å². The van der Waals surface area contributed by atoms with Crippen LogP contribution in [-0.4, -0.2) is 33.0 Å². The van der Waals surface area contributed by atoms with E-state index < -0.39 is 22.5 Å². The van der Waals surface area contributed by atoms with Crippen molar-refractivity contribution in [3.8, 4) is 0 Å². The first-order valence-corrected chi connectivity index (χ1v) is 12.8. The Morgan fingerprint density at radius 2 is 1.64 bits per heavy atom. The molecule has 2 N–H and O–H groups in total. The van der Waals surface area contributed by atoms with Crippen LogP contribution in [0, 0.1) is 0 Å². The normalized spacial score (nSPS) is 12.0. The largest absolute Gasteiger partial charge is 0.345 e. The molecule has 0 bridgehead atoms. The van der Waals surface area contributed by atoms with Gasteiger partial charge in [-0.05, 0) is 42.8 Å². The zero-order chi connectivity index (χ0) is 24.0. The lowest BCUT2D eigenvalue weighted by Gasteiger charge is -2.22. The van der Waals surface area contributed by atoms with Crippen LogP contribution in [0.25, 0.3) is 0 Å². The van der Waals surface area contributed by atoms with E-state index in [1.807, 2.05) is 37.3 Å². The Hall–Kier alpha value is -3.17. The Morgan fingerprint density at radius 1 is 0.970 bits per heavy atom. The van der Waals surface area contributed by atoms with Gasteiger partial charge >= 0.3 is 0 Å². The molecule has 0 fully saturated rings. The van der Waals surface area contributed by atoms with E-state index in [0.29, 0.717) is 15.8 Å². The highest BCUT2D eigenvalue weighted by atomic mass is 79.9. The number of para-hydroxylation sites is 1. The van der Waals surface area contributed by atoms with E-state index in [9.17, 15) is 18.0 Å². The second kappa shape index (κ2) is 10.6. The van der Waals surface area contributed by atoms with E-state index in [2.05, 4.69) is 26.6 Å². The molecule has 0 saturated heterocycles. The van der Waals surface area contributed by atoms with Crippen LogP contribution in [0.2, 0.25) is 0 Å². The smallest absolute Gasteiger partial charge is 0.253 e. The molecule has 7 nitrogen and oxygen atoms in total. The van der Waals surface area contributed by atoms with Crippen molar-refractivity contribution >= 4 is 49.1 Å². The second-order valence-corrected chi connectivity index (χ2v) is 10.3. The number of sulfonamides is 1. The number of nitrogens with one attached hydrogen (secondary N) is 2. The number of hydrogen-bond acceptors (Lipinski definition) is 4. The Balaban J connectivity index is 1.77. The summed E-state index contributed by atoms with van der Waals surface area (Å²) in [5.74, 6) is -0.925. The standard InChI is InChI=1S/C24H24BrN3O4S/c1-17(18-9-4-3-5-10-18)26-24(30)21-13-6-7-14-22(21)27-23(29)16-28(33(2,31)32)20-12-8-11-19(25)15-20/h3-15,17H,16H2,1-2H3,(H,26,30)(H,27,29)/t17-/m1/s1. The number of benzene rings is 3. The average Bonchev–Trinajstić information content (AvgIpc) is 2.77. The number of anilines is 2. The quantitative estimate of drug-likeness (QED) is 0.453. The lowest BCUT2D eigenvalue weighted by atomic mass is 10.1. The van der Waals surface area contributed by atoms with Crippen LogP contribution in [0.5, 0.6) is 0 Å². The van der Waals surface area contributed by atoms with E-state index in [1.54, 1.807) is 48.5 Å². The van der Waals surface area contributed by atoms with Gasteiger partial charge in [0.25, 0.3) is 5.91 Å². The molecule has 3 aromatic rings. The van der Waals surface area contributed by atoms with Gasteiger partial charge in [0, 0.05) is 4.47 Å². The van der Waals surface area contributed by atoms with Crippen LogP contribution in [0.3, 0.4) is 0 Å². The third kappa shape index (κ3) is 6.66. The second-order valence-electron chi connectivity index (χ2n) is 7.45. The Bertz CT molecular complexity index is 1250. The van der Waals surface area contributed by atoms with E-state index in [4.69, 9.17) is 0 Å². The molecule has 1 atom stereocenters. The third-order valence-electron chi connectivity index (χ3n) is 4.88. The summed E-state index contributed by atoms with van der Waals surface area (Å²) in [6, 6.07) is 22.5. The molecule has 3 rings (SSSR count). The van der Waals surface area contributed by atoms with Crippen LogP contribution in [0.4, 0.5) is 11.4 Å². The summed E-state index contributed by atoms with van der Waals surface area (Å²) < 4.78 is 26.3. The number of rotatable bonds is 8. The summed E-state index contributed by atoms with van der Waals surface area (Å²) in [7, 11) is -3.72. The van der Waals surface area contributed by atoms with E-state index in [0.717, 1.165) is 16.1 Å². The molecule has 3 aromatic carbocycles. The molecule has 0 heterocycles. The van der Waals surface area contributed by atoms with Crippen LogP contribution in [0.1, 0.15) is 28.9 Å². The molecule has 9 heteroatoms. The Kier molecular flexibility index (Phi) is 7.88. The fourth-order valence-electron chi connectivity index (χ4n) is 3.24. The monoisotopic (exact) mass is 529 g/mol. The number of halogens is 1. The third-order valence-corrected chi connectivity index (χ3v) is 6.51. The topological polar surface area (TPSA) is 95.6 Å². The molecule has 0 aliphatic heterocycles. The number of amides is 2. The molecule has 0 aliphatic carbocycles. The summed E-state index contributed by atoms with van der Waals surface area (Å²) in [5.41, 5.74) is 1.87. The van der Waals surface area contributed by atoms with Gasteiger partial charge in [-0.15, -0.1) is 0 Å². The minimum absolute atomic E-state index is 0.236. The van der Waals surface area contributed by atoms with Crippen molar-refractivity contribution in [2.24, 2.45) is 0 Å². The van der Waals surface area contributed by atoms with Crippen molar-refractivity contribution in [3.05, 3.63) is 94.5 Å². The molecule has 0 radical (unpaired) electrons. The highest BCUT2D eigenvalue weighted by Gasteiger charge is 2.22.